The second kappa shape index (κ2) is 7.46. The molecule has 3 aromatic carbocycles. The molecule has 0 aliphatic carbocycles. The highest BCUT2D eigenvalue weighted by Gasteiger charge is 2.27. The Bertz CT molecular complexity index is 1340. The van der Waals surface area contributed by atoms with Crippen LogP contribution in [0.4, 0.5) is 10.1 Å². The van der Waals surface area contributed by atoms with Crippen LogP contribution < -0.4 is 5.63 Å². The van der Waals surface area contributed by atoms with Gasteiger partial charge in [-0.05, 0) is 42.0 Å². The third kappa shape index (κ3) is 3.29. The lowest BCUT2D eigenvalue weighted by molar-refractivity contribution is 0.466. The van der Waals surface area contributed by atoms with Gasteiger partial charge in [-0.15, -0.1) is 11.8 Å². The van der Waals surface area contributed by atoms with Gasteiger partial charge in [0.2, 0.25) is 0 Å². The Hall–Kier alpha value is -3.38. The molecule has 1 atom stereocenters. The summed E-state index contributed by atoms with van der Waals surface area (Å²) in [6.07, 6.45) is 0.377. The first-order valence-electron chi connectivity index (χ1n) is 9.44. The van der Waals surface area contributed by atoms with Gasteiger partial charge in [0.15, 0.2) is 0 Å². The molecular weight excluding hydrogens is 401 g/mol. The molecule has 4 nitrogen and oxygen atoms in total. The first-order chi connectivity index (χ1) is 14.6. The molecular formula is C24H16FNO3S. The maximum absolute atomic E-state index is 13.5. The number of rotatable bonds is 2. The molecule has 0 radical (unpaired) electrons. The first-order valence-corrected chi connectivity index (χ1v) is 10.3. The third-order valence-corrected chi connectivity index (χ3v) is 6.41. The van der Waals surface area contributed by atoms with Crippen molar-refractivity contribution in [3.63, 3.8) is 0 Å². The van der Waals surface area contributed by atoms with Crippen LogP contribution in [-0.2, 0) is 0 Å². The summed E-state index contributed by atoms with van der Waals surface area (Å²) in [5, 5.41) is 11.3. The predicted molar refractivity (Wildman–Crippen MR) is 116 cm³/mol. The van der Waals surface area contributed by atoms with Gasteiger partial charge in [0.1, 0.15) is 22.7 Å². The monoisotopic (exact) mass is 417 g/mol. The van der Waals surface area contributed by atoms with Crippen molar-refractivity contribution < 1.29 is 13.9 Å². The summed E-state index contributed by atoms with van der Waals surface area (Å²) in [7, 11) is 0. The van der Waals surface area contributed by atoms with Crippen LogP contribution in [0.3, 0.4) is 0 Å². The van der Waals surface area contributed by atoms with E-state index in [4.69, 9.17) is 9.41 Å². The Labute approximate surface area is 175 Å². The second-order valence-corrected chi connectivity index (χ2v) is 8.24. The quantitative estimate of drug-likeness (QED) is 0.407. The van der Waals surface area contributed by atoms with E-state index in [0.29, 0.717) is 28.8 Å². The molecule has 6 heteroatoms. The number of aromatic hydroxyl groups is 1. The number of fused-ring (bicyclic) bond motifs is 2. The minimum atomic E-state index is -0.632. The van der Waals surface area contributed by atoms with Crippen LogP contribution in [0.5, 0.6) is 5.75 Å². The standard InChI is InChI=1S/C24H16FNO3S/c25-15-11-9-14(10-12-15)21-13-18(26-17-6-2-4-8-20(17)30-21)22-23(27)16-5-1-3-7-19(16)29-24(22)28/h1-12,21,27H,13H2. The summed E-state index contributed by atoms with van der Waals surface area (Å²) >= 11 is 1.60. The van der Waals surface area contributed by atoms with E-state index >= 15 is 0 Å². The summed E-state index contributed by atoms with van der Waals surface area (Å²) in [5.41, 5.74) is 1.83. The van der Waals surface area contributed by atoms with Gasteiger partial charge in [-0.2, -0.15) is 0 Å². The summed E-state index contributed by atoms with van der Waals surface area (Å²) in [6.45, 7) is 0. The van der Waals surface area contributed by atoms with Crippen molar-refractivity contribution in [1.82, 2.24) is 0 Å². The molecule has 1 aliphatic rings. The van der Waals surface area contributed by atoms with Crippen molar-refractivity contribution in [1.29, 1.82) is 0 Å². The number of thioether (sulfide) groups is 1. The van der Waals surface area contributed by atoms with Crippen LogP contribution in [0.1, 0.15) is 22.8 Å². The Morgan fingerprint density at radius 2 is 1.73 bits per heavy atom. The molecule has 4 aromatic rings. The number of hydrogen-bond acceptors (Lipinski definition) is 5. The third-order valence-electron chi connectivity index (χ3n) is 5.08. The van der Waals surface area contributed by atoms with Crippen molar-refractivity contribution in [3.05, 3.63) is 100 Å². The minimum Gasteiger partial charge on any atom is -0.506 e. The molecule has 2 heterocycles. The fourth-order valence-corrected chi connectivity index (χ4v) is 4.85. The number of hydrogen-bond donors (Lipinski definition) is 1. The average Bonchev–Trinajstić information content (AvgIpc) is 2.94. The van der Waals surface area contributed by atoms with Crippen LogP contribution in [0.15, 0.2) is 91.9 Å². The van der Waals surface area contributed by atoms with Gasteiger partial charge in [-0.25, -0.2) is 9.18 Å². The summed E-state index contributed by atoms with van der Waals surface area (Å²) < 4.78 is 18.9. The molecule has 30 heavy (non-hydrogen) atoms. The van der Waals surface area contributed by atoms with E-state index in [1.54, 1.807) is 48.2 Å². The Balaban J connectivity index is 1.70. The maximum atomic E-state index is 13.5. The van der Waals surface area contributed by atoms with E-state index in [9.17, 15) is 14.3 Å². The Morgan fingerprint density at radius 3 is 2.57 bits per heavy atom. The molecule has 148 valence electrons. The summed E-state index contributed by atoms with van der Waals surface area (Å²) in [5.74, 6) is -0.442. The van der Waals surface area contributed by atoms with Gasteiger partial charge < -0.3 is 9.52 Å². The van der Waals surface area contributed by atoms with Crippen LogP contribution in [-0.4, -0.2) is 10.8 Å². The van der Waals surface area contributed by atoms with Gasteiger partial charge in [0, 0.05) is 16.6 Å². The van der Waals surface area contributed by atoms with Crippen molar-refractivity contribution in [3.8, 4) is 5.75 Å². The van der Waals surface area contributed by atoms with E-state index in [-0.39, 0.29) is 22.4 Å². The Kier molecular flexibility index (Phi) is 4.64. The molecule has 1 unspecified atom stereocenters. The lowest BCUT2D eigenvalue weighted by Gasteiger charge is -2.16. The zero-order valence-electron chi connectivity index (χ0n) is 15.7. The molecule has 5 rings (SSSR count). The molecule has 1 aromatic heterocycles. The number of benzene rings is 3. The molecule has 0 spiro atoms. The van der Waals surface area contributed by atoms with Crippen molar-refractivity contribution in [2.24, 2.45) is 4.99 Å². The topological polar surface area (TPSA) is 62.8 Å². The maximum Gasteiger partial charge on any atom is 0.349 e. The lowest BCUT2D eigenvalue weighted by Crippen LogP contribution is -2.16. The van der Waals surface area contributed by atoms with Gasteiger partial charge in [0.05, 0.1) is 16.8 Å². The van der Waals surface area contributed by atoms with Gasteiger partial charge in [-0.1, -0.05) is 36.4 Å². The first kappa shape index (κ1) is 18.6. The SMILES string of the molecule is O=c1oc2ccccc2c(O)c1C1=Nc2ccccc2SC(c2ccc(F)cc2)C1. The fraction of sp³-hybridized carbons (Fsp3) is 0.0833. The predicted octanol–water partition coefficient (Wildman–Crippen LogP) is 6.00. The molecule has 0 saturated carbocycles. The minimum absolute atomic E-state index is 0.0677. The van der Waals surface area contributed by atoms with E-state index < -0.39 is 5.63 Å². The average molecular weight is 417 g/mol. The number of halogens is 1. The second-order valence-electron chi connectivity index (χ2n) is 7.00. The summed E-state index contributed by atoms with van der Waals surface area (Å²) in [6, 6.07) is 20.8. The largest absolute Gasteiger partial charge is 0.506 e. The van der Waals surface area contributed by atoms with Gasteiger partial charge >= 0.3 is 5.63 Å². The highest BCUT2D eigenvalue weighted by Crippen LogP contribution is 2.46. The van der Waals surface area contributed by atoms with Crippen molar-refractivity contribution >= 4 is 34.1 Å². The number of nitrogens with zero attached hydrogens (tertiary/aromatic N) is 1. The van der Waals surface area contributed by atoms with E-state index in [2.05, 4.69) is 0 Å². The van der Waals surface area contributed by atoms with E-state index in [1.165, 1.54) is 12.1 Å². The zero-order chi connectivity index (χ0) is 20.7. The normalized spacial score (nSPS) is 16.0. The molecule has 1 N–H and O–H groups in total. The van der Waals surface area contributed by atoms with E-state index in [0.717, 1.165) is 10.5 Å². The molecule has 0 amide bonds. The molecule has 0 bridgehead atoms. The smallest absolute Gasteiger partial charge is 0.349 e. The van der Waals surface area contributed by atoms with Crippen LogP contribution in [0.25, 0.3) is 11.0 Å². The van der Waals surface area contributed by atoms with Crippen molar-refractivity contribution in [2.75, 3.05) is 0 Å². The molecule has 0 saturated heterocycles. The highest BCUT2D eigenvalue weighted by molar-refractivity contribution is 7.99. The van der Waals surface area contributed by atoms with Crippen molar-refractivity contribution in [2.45, 2.75) is 16.6 Å². The zero-order valence-corrected chi connectivity index (χ0v) is 16.5. The molecule has 0 fully saturated rings. The number of aliphatic imine (C=N–C) groups is 1. The highest BCUT2D eigenvalue weighted by atomic mass is 32.2. The van der Waals surface area contributed by atoms with E-state index in [1.807, 2.05) is 24.3 Å². The van der Waals surface area contributed by atoms with Gasteiger partial charge in [0.25, 0.3) is 0 Å². The van der Waals surface area contributed by atoms with Crippen LogP contribution in [0, 0.1) is 5.82 Å². The lowest BCUT2D eigenvalue weighted by atomic mass is 10.0. The van der Waals surface area contributed by atoms with Crippen LogP contribution in [0.2, 0.25) is 0 Å². The van der Waals surface area contributed by atoms with Crippen LogP contribution >= 0.6 is 11.8 Å². The summed E-state index contributed by atoms with van der Waals surface area (Å²) in [4.78, 5) is 18.5. The molecule has 1 aliphatic heterocycles. The Morgan fingerprint density at radius 1 is 1.00 bits per heavy atom. The number of para-hydroxylation sites is 2. The van der Waals surface area contributed by atoms with Gasteiger partial charge in [-0.3, -0.25) is 4.99 Å². The fourth-order valence-electron chi connectivity index (χ4n) is 3.62.